The molecule has 2 heterocycles. The van der Waals surface area contributed by atoms with Crippen LogP contribution in [0.2, 0.25) is 0 Å². The zero-order valence-corrected chi connectivity index (χ0v) is 8.30. The van der Waals surface area contributed by atoms with Gasteiger partial charge in [0.05, 0.1) is 0 Å². The predicted molar refractivity (Wildman–Crippen MR) is 53.7 cm³/mol. The Morgan fingerprint density at radius 2 is 1.81 bits per heavy atom. The fraction of sp³-hybridized carbons (Fsp3) is 0.200. The Hall–Kier alpha value is -2.24. The number of carbonyl (C=O) groups excluding carboxylic acids is 2. The number of imide groups is 1. The molecule has 6 heteroatoms. The molecule has 2 amide bonds. The van der Waals surface area contributed by atoms with Crippen LogP contribution in [0, 0.1) is 0 Å². The highest BCUT2D eigenvalue weighted by Crippen LogP contribution is 2.22. The van der Waals surface area contributed by atoms with E-state index in [0.717, 1.165) is 4.90 Å². The number of H-pyrrole nitrogens is 1. The molecule has 0 spiro atoms. The van der Waals surface area contributed by atoms with Crippen LogP contribution in [0.25, 0.3) is 0 Å². The van der Waals surface area contributed by atoms with Gasteiger partial charge in [-0.2, -0.15) is 0 Å². The van der Waals surface area contributed by atoms with Crippen LogP contribution in [0.3, 0.4) is 0 Å². The molecule has 16 heavy (non-hydrogen) atoms. The third-order valence-electron chi connectivity index (χ3n) is 2.37. The molecule has 0 atom stereocenters. The first kappa shape index (κ1) is 10.3. The van der Waals surface area contributed by atoms with Crippen LogP contribution in [0.15, 0.2) is 18.2 Å². The van der Waals surface area contributed by atoms with Crippen molar-refractivity contribution in [2.24, 2.45) is 0 Å². The van der Waals surface area contributed by atoms with Crippen molar-refractivity contribution in [3.63, 3.8) is 0 Å². The molecule has 2 rings (SSSR count). The van der Waals surface area contributed by atoms with Crippen LogP contribution in [0.1, 0.15) is 5.56 Å². The summed E-state index contributed by atoms with van der Waals surface area (Å²) in [6.45, 7) is 0.176. The highest BCUT2D eigenvalue weighted by molar-refractivity contribution is 6.12. The van der Waals surface area contributed by atoms with Gasteiger partial charge >= 0.3 is 0 Å². The Labute approximate surface area is 90.8 Å². The van der Waals surface area contributed by atoms with Gasteiger partial charge in [0.25, 0.3) is 11.8 Å². The Bertz CT molecular complexity index is 457. The maximum absolute atomic E-state index is 11.2. The van der Waals surface area contributed by atoms with E-state index in [0.29, 0.717) is 12.0 Å². The SMILES string of the molecule is O=C1C=CC(=O)N1CCc1cc(O)[nH]c1O. The Balaban J connectivity index is 2.00. The topological polar surface area (TPSA) is 93.6 Å². The molecule has 1 aliphatic heterocycles. The molecule has 0 saturated carbocycles. The van der Waals surface area contributed by atoms with Gasteiger partial charge in [0.1, 0.15) is 0 Å². The molecule has 0 fully saturated rings. The monoisotopic (exact) mass is 222 g/mol. The first-order chi connectivity index (χ1) is 7.58. The lowest BCUT2D eigenvalue weighted by atomic mass is 10.2. The van der Waals surface area contributed by atoms with Gasteiger partial charge in [0, 0.05) is 30.3 Å². The van der Waals surface area contributed by atoms with Crippen LogP contribution < -0.4 is 0 Å². The van der Waals surface area contributed by atoms with Crippen molar-refractivity contribution in [1.29, 1.82) is 0 Å². The lowest BCUT2D eigenvalue weighted by Gasteiger charge is -2.12. The van der Waals surface area contributed by atoms with Gasteiger partial charge in [-0.25, -0.2) is 0 Å². The van der Waals surface area contributed by atoms with E-state index in [1.807, 2.05) is 0 Å². The molecule has 0 unspecified atom stereocenters. The van der Waals surface area contributed by atoms with Crippen molar-refractivity contribution in [1.82, 2.24) is 9.88 Å². The Kier molecular flexibility index (Phi) is 2.40. The van der Waals surface area contributed by atoms with Gasteiger partial charge < -0.3 is 10.2 Å². The highest BCUT2D eigenvalue weighted by Gasteiger charge is 2.23. The summed E-state index contributed by atoms with van der Waals surface area (Å²) in [5.41, 5.74) is 0.463. The van der Waals surface area contributed by atoms with Crippen LogP contribution in [0.4, 0.5) is 0 Å². The molecular weight excluding hydrogens is 212 g/mol. The second kappa shape index (κ2) is 3.73. The number of nitrogens with one attached hydrogen (secondary N) is 1. The van der Waals surface area contributed by atoms with Gasteiger partial charge in [-0.05, 0) is 6.42 Å². The van der Waals surface area contributed by atoms with Crippen LogP contribution in [-0.2, 0) is 16.0 Å². The standard InChI is InChI=1S/C10H10N2O4/c13-7-5-6(10(16)11-7)3-4-12-8(14)1-2-9(12)15/h1-2,5,11,13,16H,3-4H2. The molecule has 0 radical (unpaired) electrons. The number of aromatic amines is 1. The first-order valence-electron chi connectivity index (χ1n) is 4.71. The zero-order valence-electron chi connectivity index (χ0n) is 8.30. The van der Waals surface area contributed by atoms with E-state index in [1.165, 1.54) is 18.2 Å². The Morgan fingerprint density at radius 1 is 1.19 bits per heavy atom. The fourth-order valence-corrected chi connectivity index (χ4v) is 1.55. The number of aromatic hydroxyl groups is 2. The lowest BCUT2D eigenvalue weighted by Crippen LogP contribution is -2.31. The van der Waals surface area contributed by atoms with Gasteiger partial charge in [-0.15, -0.1) is 0 Å². The average molecular weight is 222 g/mol. The molecular formula is C10H10N2O4. The van der Waals surface area contributed by atoms with E-state index < -0.39 is 0 Å². The lowest BCUT2D eigenvalue weighted by molar-refractivity contribution is -0.136. The maximum atomic E-state index is 11.2. The van der Waals surface area contributed by atoms with Gasteiger partial charge in [0.2, 0.25) is 0 Å². The van der Waals surface area contributed by atoms with Crippen LogP contribution in [-0.4, -0.2) is 38.5 Å². The highest BCUT2D eigenvalue weighted by atomic mass is 16.3. The van der Waals surface area contributed by atoms with Gasteiger partial charge in [0.15, 0.2) is 11.8 Å². The minimum absolute atomic E-state index is 0.148. The van der Waals surface area contributed by atoms with Crippen LogP contribution >= 0.6 is 0 Å². The van der Waals surface area contributed by atoms with E-state index in [2.05, 4.69) is 4.98 Å². The molecule has 1 aromatic heterocycles. The molecule has 3 N–H and O–H groups in total. The van der Waals surface area contributed by atoms with E-state index in [-0.39, 0.29) is 30.1 Å². The van der Waals surface area contributed by atoms with E-state index in [4.69, 9.17) is 5.11 Å². The fourth-order valence-electron chi connectivity index (χ4n) is 1.55. The van der Waals surface area contributed by atoms with Crippen molar-refractivity contribution in [2.75, 3.05) is 6.54 Å². The molecule has 1 aromatic rings. The number of hydrogen-bond donors (Lipinski definition) is 3. The number of carbonyl (C=O) groups is 2. The molecule has 0 aromatic carbocycles. The number of nitrogens with zero attached hydrogens (tertiary/aromatic N) is 1. The predicted octanol–water partition coefficient (Wildman–Crippen LogP) is -0.107. The van der Waals surface area contributed by atoms with E-state index >= 15 is 0 Å². The summed E-state index contributed by atoms with van der Waals surface area (Å²) in [5, 5.41) is 18.4. The summed E-state index contributed by atoms with van der Waals surface area (Å²) in [7, 11) is 0. The third-order valence-corrected chi connectivity index (χ3v) is 2.37. The van der Waals surface area contributed by atoms with Crippen LogP contribution in [0.5, 0.6) is 11.8 Å². The van der Waals surface area contributed by atoms with E-state index in [9.17, 15) is 14.7 Å². The maximum Gasteiger partial charge on any atom is 0.253 e. The first-order valence-corrected chi connectivity index (χ1v) is 4.71. The minimum atomic E-state index is -0.357. The van der Waals surface area contributed by atoms with Crippen molar-refractivity contribution >= 4 is 11.8 Å². The number of hydrogen-bond acceptors (Lipinski definition) is 4. The normalized spacial score (nSPS) is 15.1. The summed E-state index contributed by atoms with van der Waals surface area (Å²) < 4.78 is 0. The van der Waals surface area contributed by atoms with Crippen molar-refractivity contribution in [3.05, 3.63) is 23.8 Å². The van der Waals surface area contributed by atoms with Crippen molar-refractivity contribution in [3.8, 4) is 11.8 Å². The van der Waals surface area contributed by atoms with Gasteiger partial charge in [-0.1, -0.05) is 0 Å². The summed E-state index contributed by atoms with van der Waals surface area (Å²) in [4.78, 5) is 25.8. The molecule has 84 valence electrons. The number of aromatic nitrogens is 1. The second-order valence-corrected chi connectivity index (χ2v) is 3.44. The number of rotatable bonds is 3. The molecule has 6 nitrogen and oxygen atoms in total. The van der Waals surface area contributed by atoms with E-state index in [1.54, 1.807) is 0 Å². The van der Waals surface area contributed by atoms with Gasteiger partial charge in [-0.3, -0.25) is 19.5 Å². The number of amides is 2. The summed E-state index contributed by atoms with van der Waals surface area (Å²) in [6, 6.07) is 1.35. The molecule has 1 aliphatic rings. The minimum Gasteiger partial charge on any atom is -0.495 e. The van der Waals surface area contributed by atoms with Crippen molar-refractivity contribution < 1.29 is 19.8 Å². The summed E-state index contributed by atoms with van der Waals surface area (Å²) in [5.74, 6) is -1.01. The second-order valence-electron chi connectivity index (χ2n) is 3.44. The molecule has 0 saturated heterocycles. The average Bonchev–Trinajstić information content (AvgIpc) is 2.69. The largest absolute Gasteiger partial charge is 0.495 e. The smallest absolute Gasteiger partial charge is 0.253 e. The summed E-state index contributed by atoms with van der Waals surface area (Å²) >= 11 is 0. The Morgan fingerprint density at radius 3 is 2.31 bits per heavy atom. The quantitative estimate of drug-likeness (QED) is 0.622. The van der Waals surface area contributed by atoms with Crippen molar-refractivity contribution in [2.45, 2.75) is 6.42 Å². The summed E-state index contributed by atoms with van der Waals surface area (Å²) in [6.07, 6.45) is 2.70. The molecule has 0 aliphatic carbocycles. The zero-order chi connectivity index (χ0) is 11.7. The molecule has 0 bridgehead atoms. The third kappa shape index (κ3) is 1.77.